The summed E-state index contributed by atoms with van der Waals surface area (Å²) in [5.74, 6) is 0.0183. The largest absolute Gasteiger partial charge is 0.332 e. The molecule has 2 aromatic carbocycles. The number of halogens is 1. The van der Waals surface area contributed by atoms with E-state index in [9.17, 15) is 4.79 Å². The van der Waals surface area contributed by atoms with Crippen LogP contribution in [0.1, 0.15) is 17.4 Å². The summed E-state index contributed by atoms with van der Waals surface area (Å²) in [5, 5.41) is 5.36. The third-order valence-electron chi connectivity index (χ3n) is 5.31. The van der Waals surface area contributed by atoms with Crippen molar-refractivity contribution in [2.75, 3.05) is 32.7 Å². The second-order valence-electron chi connectivity index (χ2n) is 7.07. The highest BCUT2D eigenvalue weighted by atomic mass is 35.5. The Balaban J connectivity index is 1.72. The number of quaternary nitrogens is 1. The van der Waals surface area contributed by atoms with Crippen molar-refractivity contribution < 1.29 is 9.69 Å². The molecule has 1 amide bonds. The molecule has 28 heavy (non-hydrogen) atoms. The van der Waals surface area contributed by atoms with E-state index >= 15 is 0 Å². The van der Waals surface area contributed by atoms with E-state index in [4.69, 9.17) is 16.7 Å². The minimum Gasteiger partial charge on any atom is -0.332 e. The zero-order chi connectivity index (χ0) is 19.5. The van der Waals surface area contributed by atoms with E-state index in [1.54, 1.807) is 4.68 Å². The van der Waals surface area contributed by atoms with Crippen molar-refractivity contribution in [1.29, 1.82) is 0 Å². The van der Waals surface area contributed by atoms with Crippen molar-refractivity contribution >= 4 is 17.5 Å². The van der Waals surface area contributed by atoms with Gasteiger partial charge in [0.05, 0.1) is 44.1 Å². The van der Waals surface area contributed by atoms with E-state index in [0.29, 0.717) is 10.7 Å². The van der Waals surface area contributed by atoms with Gasteiger partial charge in [0, 0.05) is 10.6 Å². The number of rotatable bonds is 4. The summed E-state index contributed by atoms with van der Waals surface area (Å²) in [5.41, 5.74) is 3.12. The average Bonchev–Trinajstić information content (AvgIpc) is 3.19. The first-order valence-electron chi connectivity index (χ1n) is 9.70. The normalized spacial score (nSPS) is 15.0. The Morgan fingerprint density at radius 2 is 1.82 bits per heavy atom. The maximum atomic E-state index is 13.3. The van der Waals surface area contributed by atoms with Crippen LogP contribution in [0.5, 0.6) is 0 Å². The van der Waals surface area contributed by atoms with Gasteiger partial charge in [-0.15, -0.1) is 0 Å². The topological polar surface area (TPSA) is 42.6 Å². The zero-order valence-electron chi connectivity index (χ0n) is 15.9. The smallest absolute Gasteiger partial charge is 0.273 e. The summed E-state index contributed by atoms with van der Waals surface area (Å²) < 4.78 is 1.72. The maximum absolute atomic E-state index is 13.3. The molecule has 0 unspecified atom stereocenters. The van der Waals surface area contributed by atoms with Crippen LogP contribution in [-0.2, 0) is 0 Å². The van der Waals surface area contributed by atoms with Crippen LogP contribution in [0.2, 0.25) is 5.02 Å². The number of aromatic nitrogens is 2. The molecule has 1 aromatic heterocycles. The van der Waals surface area contributed by atoms with Crippen molar-refractivity contribution in [3.8, 4) is 16.9 Å². The third kappa shape index (κ3) is 3.81. The molecular weight excluding hydrogens is 372 g/mol. The van der Waals surface area contributed by atoms with Gasteiger partial charge in [-0.05, 0) is 31.2 Å². The molecule has 1 aliphatic heterocycles. The minimum absolute atomic E-state index is 0.0183. The van der Waals surface area contributed by atoms with Gasteiger partial charge in [0.2, 0.25) is 0 Å². The van der Waals surface area contributed by atoms with Crippen LogP contribution >= 0.6 is 11.6 Å². The van der Waals surface area contributed by atoms with Crippen molar-refractivity contribution in [3.05, 3.63) is 71.4 Å². The number of hydrogen-bond acceptors (Lipinski definition) is 2. The van der Waals surface area contributed by atoms with E-state index in [1.165, 1.54) is 4.90 Å². The summed E-state index contributed by atoms with van der Waals surface area (Å²) in [7, 11) is 0. The molecule has 144 valence electrons. The van der Waals surface area contributed by atoms with Crippen LogP contribution in [0.3, 0.4) is 0 Å². The van der Waals surface area contributed by atoms with E-state index < -0.39 is 0 Å². The molecule has 1 aliphatic rings. The molecule has 1 fully saturated rings. The van der Waals surface area contributed by atoms with Gasteiger partial charge in [0.15, 0.2) is 0 Å². The van der Waals surface area contributed by atoms with Crippen LogP contribution in [-0.4, -0.2) is 53.3 Å². The van der Waals surface area contributed by atoms with Gasteiger partial charge in [0.1, 0.15) is 5.69 Å². The molecule has 5 nitrogen and oxygen atoms in total. The van der Waals surface area contributed by atoms with Gasteiger partial charge in [-0.3, -0.25) is 4.79 Å². The number of amides is 1. The lowest BCUT2D eigenvalue weighted by molar-refractivity contribution is -0.902. The Kier molecular flexibility index (Phi) is 5.46. The van der Waals surface area contributed by atoms with Crippen molar-refractivity contribution in [2.45, 2.75) is 6.92 Å². The molecule has 0 radical (unpaired) electrons. The monoisotopic (exact) mass is 395 g/mol. The molecule has 0 bridgehead atoms. The molecule has 0 atom stereocenters. The fourth-order valence-electron chi connectivity index (χ4n) is 3.63. The Morgan fingerprint density at radius 1 is 1.07 bits per heavy atom. The Morgan fingerprint density at radius 3 is 2.50 bits per heavy atom. The number of nitrogens with zero attached hydrogens (tertiary/aromatic N) is 3. The Bertz CT molecular complexity index is 962. The first-order valence-corrected chi connectivity index (χ1v) is 10.1. The number of nitrogens with one attached hydrogen (secondary N) is 1. The van der Waals surface area contributed by atoms with Gasteiger partial charge in [0.25, 0.3) is 5.91 Å². The third-order valence-corrected chi connectivity index (χ3v) is 5.54. The zero-order valence-corrected chi connectivity index (χ0v) is 16.7. The van der Waals surface area contributed by atoms with Gasteiger partial charge < -0.3 is 9.80 Å². The molecule has 0 saturated carbocycles. The standard InChI is InChI=1S/C22H23ClN4O/c1-2-25-11-13-26(14-12-25)22(28)21-16-20(17-7-4-3-5-8-17)24-27(21)19-10-6-9-18(23)15-19/h3-10,15-16H,2,11-14H2,1H3/p+1. The quantitative estimate of drug-likeness (QED) is 0.737. The predicted octanol–water partition coefficient (Wildman–Crippen LogP) is 2.55. The van der Waals surface area contributed by atoms with Crippen LogP contribution in [0.15, 0.2) is 60.7 Å². The first-order chi connectivity index (χ1) is 13.7. The van der Waals surface area contributed by atoms with E-state index in [2.05, 4.69) is 6.92 Å². The van der Waals surface area contributed by atoms with Gasteiger partial charge in [-0.1, -0.05) is 48.0 Å². The Hall–Kier alpha value is -2.63. The minimum atomic E-state index is 0.0183. The Labute approximate surface area is 170 Å². The highest BCUT2D eigenvalue weighted by Gasteiger charge is 2.27. The molecule has 1 N–H and O–H groups in total. The lowest BCUT2D eigenvalue weighted by Gasteiger charge is -2.31. The van der Waals surface area contributed by atoms with E-state index in [-0.39, 0.29) is 5.91 Å². The van der Waals surface area contributed by atoms with E-state index in [0.717, 1.165) is 49.7 Å². The van der Waals surface area contributed by atoms with E-state index in [1.807, 2.05) is 65.6 Å². The summed E-state index contributed by atoms with van der Waals surface area (Å²) in [6, 6.07) is 19.3. The van der Waals surface area contributed by atoms with Crippen molar-refractivity contribution in [2.24, 2.45) is 0 Å². The number of hydrogen-bond donors (Lipinski definition) is 1. The molecule has 0 spiro atoms. The first kappa shape index (κ1) is 18.7. The lowest BCUT2D eigenvalue weighted by Crippen LogP contribution is -3.14. The number of carbonyl (C=O) groups excluding carboxylic acids is 1. The SMILES string of the molecule is CC[NH+]1CCN(C(=O)c2cc(-c3ccccc3)nn2-c2cccc(Cl)c2)CC1. The van der Waals surface area contributed by atoms with Crippen LogP contribution in [0, 0.1) is 0 Å². The number of benzene rings is 2. The second kappa shape index (κ2) is 8.17. The molecule has 1 saturated heterocycles. The molecule has 3 aromatic rings. The summed E-state index contributed by atoms with van der Waals surface area (Å²) in [6.45, 7) is 6.79. The van der Waals surface area contributed by atoms with Crippen LogP contribution in [0.4, 0.5) is 0 Å². The van der Waals surface area contributed by atoms with Gasteiger partial charge >= 0.3 is 0 Å². The highest BCUT2D eigenvalue weighted by Crippen LogP contribution is 2.24. The van der Waals surface area contributed by atoms with Crippen LogP contribution in [0.25, 0.3) is 16.9 Å². The molecular formula is C22H24ClN4O+. The predicted molar refractivity (Wildman–Crippen MR) is 111 cm³/mol. The summed E-state index contributed by atoms with van der Waals surface area (Å²) in [6.07, 6.45) is 0. The average molecular weight is 396 g/mol. The molecule has 2 heterocycles. The molecule has 4 rings (SSSR count). The van der Waals surface area contributed by atoms with Gasteiger partial charge in [-0.2, -0.15) is 5.10 Å². The van der Waals surface area contributed by atoms with Crippen molar-refractivity contribution in [1.82, 2.24) is 14.7 Å². The number of carbonyl (C=O) groups is 1. The molecule has 0 aliphatic carbocycles. The fourth-order valence-corrected chi connectivity index (χ4v) is 3.81. The second-order valence-corrected chi connectivity index (χ2v) is 7.50. The summed E-state index contributed by atoms with van der Waals surface area (Å²) in [4.78, 5) is 16.8. The van der Waals surface area contributed by atoms with Gasteiger partial charge in [-0.25, -0.2) is 4.68 Å². The van der Waals surface area contributed by atoms with Crippen molar-refractivity contribution in [3.63, 3.8) is 0 Å². The number of piperazine rings is 1. The summed E-state index contributed by atoms with van der Waals surface area (Å²) >= 11 is 6.19. The van der Waals surface area contributed by atoms with Crippen LogP contribution < -0.4 is 4.90 Å². The maximum Gasteiger partial charge on any atom is 0.273 e. The number of likely N-dealkylation sites (N-methyl/N-ethyl adjacent to an activating group) is 1. The molecule has 6 heteroatoms. The lowest BCUT2D eigenvalue weighted by atomic mass is 10.1. The highest BCUT2D eigenvalue weighted by molar-refractivity contribution is 6.30. The fraction of sp³-hybridized carbons (Fsp3) is 0.273.